The van der Waals surface area contributed by atoms with Crippen LogP contribution in [0.15, 0.2) is 41.3 Å². The molecule has 0 aliphatic heterocycles. The average molecular weight is 266 g/mol. The molecule has 0 amide bonds. The van der Waals surface area contributed by atoms with E-state index < -0.39 is 0 Å². The van der Waals surface area contributed by atoms with Crippen LogP contribution in [0.4, 0.5) is 0 Å². The molecule has 0 saturated heterocycles. The lowest BCUT2D eigenvalue weighted by atomic mass is 10.0. The number of aromatic nitrogens is 2. The SMILES string of the molecule is Cc1cc(-c2cc3ncccc3c(=O)[nH]2)cc(C)c1O. The number of rotatable bonds is 1. The smallest absolute Gasteiger partial charge is 0.257 e. The molecule has 0 unspecified atom stereocenters. The highest BCUT2D eigenvalue weighted by Gasteiger charge is 2.08. The lowest BCUT2D eigenvalue weighted by Crippen LogP contribution is -2.07. The summed E-state index contributed by atoms with van der Waals surface area (Å²) in [5.41, 5.74) is 3.63. The molecule has 1 aromatic carbocycles. The number of hydrogen-bond donors (Lipinski definition) is 2. The van der Waals surface area contributed by atoms with Crippen molar-refractivity contribution >= 4 is 10.9 Å². The first kappa shape index (κ1) is 12.4. The van der Waals surface area contributed by atoms with Gasteiger partial charge in [-0.3, -0.25) is 9.78 Å². The van der Waals surface area contributed by atoms with Gasteiger partial charge in [0.25, 0.3) is 5.56 Å². The third kappa shape index (κ3) is 1.95. The zero-order valence-corrected chi connectivity index (χ0v) is 11.3. The summed E-state index contributed by atoms with van der Waals surface area (Å²) >= 11 is 0. The molecule has 0 spiro atoms. The molecule has 0 fully saturated rings. The van der Waals surface area contributed by atoms with Gasteiger partial charge in [-0.1, -0.05) is 0 Å². The Kier molecular flexibility index (Phi) is 2.79. The molecule has 20 heavy (non-hydrogen) atoms. The molecule has 0 bridgehead atoms. The Morgan fingerprint density at radius 3 is 2.55 bits per heavy atom. The van der Waals surface area contributed by atoms with Crippen molar-refractivity contribution in [3.63, 3.8) is 0 Å². The summed E-state index contributed by atoms with van der Waals surface area (Å²) in [6, 6.07) is 9.04. The fourth-order valence-corrected chi connectivity index (χ4v) is 2.35. The number of aromatic amines is 1. The van der Waals surface area contributed by atoms with Gasteiger partial charge in [-0.15, -0.1) is 0 Å². The van der Waals surface area contributed by atoms with Crippen LogP contribution < -0.4 is 5.56 Å². The van der Waals surface area contributed by atoms with Crippen LogP contribution >= 0.6 is 0 Å². The van der Waals surface area contributed by atoms with Crippen molar-refractivity contribution in [2.45, 2.75) is 13.8 Å². The summed E-state index contributed by atoms with van der Waals surface area (Å²) in [6.07, 6.45) is 1.67. The van der Waals surface area contributed by atoms with E-state index in [2.05, 4.69) is 9.97 Å². The number of nitrogens with zero attached hydrogens (tertiary/aromatic N) is 1. The predicted molar refractivity (Wildman–Crippen MR) is 78.9 cm³/mol. The number of phenolic OH excluding ortho intramolecular Hbond substituents is 1. The summed E-state index contributed by atoms with van der Waals surface area (Å²) in [7, 11) is 0. The van der Waals surface area contributed by atoms with Crippen molar-refractivity contribution in [1.29, 1.82) is 0 Å². The average Bonchev–Trinajstić information content (AvgIpc) is 2.44. The number of hydrogen-bond acceptors (Lipinski definition) is 3. The normalized spacial score (nSPS) is 10.9. The molecule has 0 radical (unpaired) electrons. The second kappa shape index (κ2) is 4.49. The van der Waals surface area contributed by atoms with Gasteiger partial charge in [0.2, 0.25) is 0 Å². The van der Waals surface area contributed by atoms with Gasteiger partial charge in [0, 0.05) is 6.20 Å². The van der Waals surface area contributed by atoms with Gasteiger partial charge >= 0.3 is 0 Å². The quantitative estimate of drug-likeness (QED) is 0.711. The van der Waals surface area contributed by atoms with Crippen LogP contribution in [0.5, 0.6) is 5.75 Å². The van der Waals surface area contributed by atoms with E-state index in [0.29, 0.717) is 16.6 Å². The molecule has 0 aliphatic carbocycles. The largest absolute Gasteiger partial charge is 0.507 e. The van der Waals surface area contributed by atoms with Gasteiger partial charge in [-0.2, -0.15) is 0 Å². The zero-order chi connectivity index (χ0) is 14.3. The second-order valence-corrected chi connectivity index (χ2v) is 4.91. The highest BCUT2D eigenvalue weighted by Crippen LogP contribution is 2.28. The minimum atomic E-state index is -0.158. The van der Waals surface area contributed by atoms with E-state index in [1.807, 2.05) is 32.0 Å². The van der Waals surface area contributed by atoms with Crippen LogP contribution in [-0.2, 0) is 0 Å². The van der Waals surface area contributed by atoms with Gasteiger partial charge in [-0.05, 0) is 60.9 Å². The third-order valence-corrected chi connectivity index (χ3v) is 3.41. The number of nitrogens with one attached hydrogen (secondary N) is 1. The molecule has 2 heterocycles. The Morgan fingerprint density at radius 2 is 1.85 bits per heavy atom. The minimum Gasteiger partial charge on any atom is -0.507 e. The Morgan fingerprint density at radius 1 is 1.15 bits per heavy atom. The molecule has 0 saturated carbocycles. The maximum absolute atomic E-state index is 12.1. The highest BCUT2D eigenvalue weighted by molar-refractivity contribution is 5.81. The van der Waals surface area contributed by atoms with Crippen LogP contribution in [0.25, 0.3) is 22.2 Å². The fourth-order valence-electron chi connectivity index (χ4n) is 2.35. The lowest BCUT2D eigenvalue weighted by molar-refractivity contribution is 0.467. The maximum atomic E-state index is 12.1. The van der Waals surface area contributed by atoms with Crippen LogP contribution in [-0.4, -0.2) is 15.1 Å². The molecular weight excluding hydrogens is 252 g/mol. The van der Waals surface area contributed by atoms with E-state index in [1.165, 1.54) is 0 Å². The number of pyridine rings is 2. The van der Waals surface area contributed by atoms with Crippen molar-refractivity contribution < 1.29 is 5.11 Å². The first-order chi connectivity index (χ1) is 9.56. The number of aryl methyl sites for hydroxylation is 2. The number of H-pyrrole nitrogens is 1. The van der Waals surface area contributed by atoms with Crippen molar-refractivity contribution in [2.75, 3.05) is 0 Å². The molecule has 4 nitrogen and oxygen atoms in total. The number of benzene rings is 1. The number of phenols is 1. The lowest BCUT2D eigenvalue weighted by Gasteiger charge is -2.08. The van der Waals surface area contributed by atoms with E-state index in [1.54, 1.807) is 18.3 Å². The summed E-state index contributed by atoms with van der Waals surface area (Å²) < 4.78 is 0. The fraction of sp³-hybridized carbons (Fsp3) is 0.125. The standard InChI is InChI=1S/C16H14N2O2/c1-9-6-11(7-10(2)15(9)19)13-8-14-12(16(20)18-13)4-3-5-17-14/h3-8,19H,1-2H3,(H,18,20). The third-order valence-electron chi connectivity index (χ3n) is 3.41. The molecule has 3 rings (SSSR count). The number of fused-ring (bicyclic) bond motifs is 1. The van der Waals surface area contributed by atoms with Crippen molar-refractivity contribution in [2.24, 2.45) is 0 Å². The van der Waals surface area contributed by atoms with Crippen LogP contribution in [0.3, 0.4) is 0 Å². The Hall–Kier alpha value is -2.62. The van der Waals surface area contributed by atoms with E-state index >= 15 is 0 Å². The summed E-state index contributed by atoms with van der Waals surface area (Å²) in [6.45, 7) is 3.67. The minimum absolute atomic E-state index is 0.158. The first-order valence-corrected chi connectivity index (χ1v) is 6.35. The molecule has 3 aromatic rings. The Balaban J connectivity index is 2.27. The Labute approximate surface area is 115 Å². The topological polar surface area (TPSA) is 66.0 Å². The van der Waals surface area contributed by atoms with Crippen LogP contribution in [0.1, 0.15) is 11.1 Å². The molecule has 0 aliphatic rings. The van der Waals surface area contributed by atoms with Crippen LogP contribution in [0.2, 0.25) is 0 Å². The maximum Gasteiger partial charge on any atom is 0.257 e. The van der Waals surface area contributed by atoms with E-state index in [4.69, 9.17) is 0 Å². The summed E-state index contributed by atoms with van der Waals surface area (Å²) in [5, 5.41) is 10.4. The van der Waals surface area contributed by atoms with Crippen LogP contribution in [0, 0.1) is 13.8 Å². The molecule has 2 N–H and O–H groups in total. The Bertz CT molecular complexity index is 843. The van der Waals surface area contributed by atoms with Crippen molar-refractivity contribution in [3.05, 3.63) is 58.0 Å². The molecule has 0 atom stereocenters. The van der Waals surface area contributed by atoms with Crippen molar-refractivity contribution in [1.82, 2.24) is 9.97 Å². The second-order valence-electron chi connectivity index (χ2n) is 4.91. The molecule has 4 heteroatoms. The predicted octanol–water partition coefficient (Wildman–Crippen LogP) is 2.91. The van der Waals surface area contributed by atoms with Gasteiger partial charge in [0.1, 0.15) is 5.75 Å². The zero-order valence-electron chi connectivity index (χ0n) is 11.3. The summed E-state index contributed by atoms with van der Waals surface area (Å²) in [5.74, 6) is 0.287. The monoisotopic (exact) mass is 266 g/mol. The number of aromatic hydroxyl groups is 1. The van der Waals surface area contributed by atoms with Gasteiger partial charge in [0.05, 0.1) is 16.6 Å². The van der Waals surface area contributed by atoms with E-state index in [-0.39, 0.29) is 11.3 Å². The van der Waals surface area contributed by atoms with Crippen molar-refractivity contribution in [3.8, 4) is 17.0 Å². The van der Waals surface area contributed by atoms with E-state index in [0.717, 1.165) is 16.7 Å². The van der Waals surface area contributed by atoms with Gasteiger partial charge in [0.15, 0.2) is 0 Å². The molecule has 2 aromatic heterocycles. The van der Waals surface area contributed by atoms with E-state index in [9.17, 15) is 9.90 Å². The van der Waals surface area contributed by atoms with Gasteiger partial charge in [-0.25, -0.2) is 0 Å². The molecular formula is C16H14N2O2. The first-order valence-electron chi connectivity index (χ1n) is 6.35. The molecule has 100 valence electrons. The highest BCUT2D eigenvalue weighted by atomic mass is 16.3. The summed E-state index contributed by atoms with van der Waals surface area (Å²) in [4.78, 5) is 19.1. The van der Waals surface area contributed by atoms with Gasteiger partial charge < -0.3 is 10.1 Å².